The van der Waals surface area contributed by atoms with E-state index < -0.39 is 0 Å². The van der Waals surface area contributed by atoms with Gasteiger partial charge in [0.15, 0.2) is 0 Å². The van der Waals surface area contributed by atoms with Crippen LogP contribution in [-0.2, 0) is 11.3 Å². The minimum Gasteiger partial charge on any atom is -0.383 e. The number of hydrogen-bond donors (Lipinski definition) is 2. The second-order valence-electron chi connectivity index (χ2n) is 4.97. The van der Waals surface area contributed by atoms with Gasteiger partial charge in [0.25, 0.3) is 0 Å². The average molecular weight is 253 g/mol. The number of ether oxygens (including phenoxy) is 1. The van der Waals surface area contributed by atoms with Crippen molar-refractivity contribution >= 4 is 0 Å². The van der Waals surface area contributed by atoms with Crippen LogP contribution in [0.4, 0.5) is 0 Å². The van der Waals surface area contributed by atoms with Crippen LogP contribution >= 0.6 is 0 Å². The van der Waals surface area contributed by atoms with Crippen LogP contribution in [0.25, 0.3) is 0 Å². The van der Waals surface area contributed by atoms with Gasteiger partial charge in [-0.25, -0.2) is 0 Å². The topological polar surface area (TPSA) is 59.3 Å². The number of hydrogen-bond acceptors (Lipinski definition) is 5. The summed E-state index contributed by atoms with van der Waals surface area (Å²) >= 11 is 0. The normalized spacial score (nSPS) is 17.0. The molecular weight excluding hydrogens is 230 g/mol. The van der Waals surface area contributed by atoms with Gasteiger partial charge in [0.2, 0.25) is 0 Å². The van der Waals surface area contributed by atoms with Crippen molar-refractivity contribution in [2.75, 3.05) is 26.8 Å². The van der Waals surface area contributed by atoms with E-state index in [1.54, 1.807) is 7.11 Å². The summed E-state index contributed by atoms with van der Waals surface area (Å²) in [5, 5.41) is 10.8. The zero-order valence-corrected chi connectivity index (χ0v) is 11.2. The third kappa shape index (κ3) is 4.40. The lowest BCUT2D eigenvalue weighted by atomic mass is 10.2. The van der Waals surface area contributed by atoms with E-state index >= 15 is 0 Å². The predicted molar refractivity (Wildman–Crippen MR) is 69.5 cm³/mol. The highest BCUT2D eigenvalue weighted by molar-refractivity contribution is 5.14. The van der Waals surface area contributed by atoms with Gasteiger partial charge in [-0.05, 0) is 19.8 Å². The highest BCUT2D eigenvalue weighted by Crippen LogP contribution is 2.40. The molecule has 0 radical (unpaired) electrons. The van der Waals surface area contributed by atoms with Crippen LogP contribution < -0.4 is 10.6 Å². The lowest BCUT2D eigenvalue weighted by Gasteiger charge is -2.13. The minimum absolute atomic E-state index is 0.405. The van der Waals surface area contributed by atoms with Gasteiger partial charge in [0.05, 0.1) is 12.3 Å². The smallest absolute Gasteiger partial charge is 0.140 e. The largest absolute Gasteiger partial charge is 0.383 e. The molecule has 1 aliphatic rings. The fraction of sp³-hybridized carbons (Fsp3) is 0.769. The van der Waals surface area contributed by atoms with Gasteiger partial charge in [0, 0.05) is 44.8 Å². The number of rotatable bonds is 9. The molecule has 1 fully saturated rings. The Morgan fingerprint density at radius 2 is 2.39 bits per heavy atom. The molecule has 2 N–H and O–H groups in total. The van der Waals surface area contributed by atoms with Gasteiger partial charge in [0.1, 0.15) is 5.76 Å². The molecule has 2 rings (SSSR count). The molecule has 1 aromatic heterocycles. The number of nitrogens with one attached hydrogen (secondary N) is 2. The summed E-state index contributed by atoms with van der Waals surface area (Å²) in [5.74, 6) is 1.69. The third-order valence-electron chi connectivity index (χ3n) is 3.12. The van der Waals surface area contributed by atoms with Crippen LogP contribution in [0.5, 0.6) is 0 Å². The fourth-order valence-electron chi connectivity index (χ4n) is 1.82. The maximum absolute atomic E-state index is 5.31. The van der Waals surface area contributed by atoms with E-state index in [4.69, 9.17) is 9.26 Å². The molecule has 0 aromatic carbocycles. The standard InChI is InChI=1S/C13H23N3O2/c1-10(8-14-5-6-17-2)15-9-12-7-13(18-16-12)11-3-4-11/h7,10-11,14-15H,3-6,8-9H2,1-2H3. The van der Waals surface area contributed by atoms with Gasteiger partial charge in [-0.3, -0.25) is 0 Å². The van der Waals surface area contributed by atoms with Crippen LogP contribution in [0, 0.1) is 0 Å². The molecule has 18 heavy (non-hydrogen) atoms. The molecule has 102 valence electrons. The van der Waals surface area contributed by atoms with Crippen LogP contribution in [0.3, 0.4) is 0 Å². The Kier molecular flexibility index (Phi) is 5.16. The molecule has 0 amide bonds. The third-order valence-corrected chi connectivity index (χ3v) is 3.12. The van der Waals surface area contributed by atoms with Crippen molar-refractivity contribution in [1.82, 2.24) is 15.8 Å². The van der Waals surface area contributed by atoms with E-state index in [1.807, 2.05) is 0 Å². The Balaban J connectivity index is 1.60. The van der Waals surface area contributed by atoms with Crippen LogP contribution in [-0.4, -0.2) is 38.0 Å². The summed E-state index contributed by atoms with van der Waals surface area (Å²) in [7, 11) is 1.71. The van der Waals surface area contributed by atoms with Crippen LogP contribution in [0.1, 0.15) is 37.1 Å². The predicted octanol–water partition coefficient (Wildman–Crippen LogP) is 1.27. The molecule has 5 nitrogen and oxygen atoms in total. The number of aromatic nitrogens is 1. The molecule has 1 aromatic rings. The Hall–Kier alpha value is -0.910. The van der Waals surface area contributed by atoms with Crippen molar-refractivity contribution in [3.05, 3.63) is 17.5 Å². The highest BCUT2D eigenvalue weighted by atomic mass is 16.5. The Morgan fingerprint density at radius 1 is 1.56 bits per heavy atom. The Bertz CT molecular complexity index is 350. The van der Waals surface area contributed by atoms with E-state index in [0.29, 0.717) is 12.0 Å². The number of methoxy groups -OCH3 is 1. The van der Waals surface area contributed by atoms with E-state index in [9.17, 15) is 0 Å². The summed E-state index contributed by atoms with van der Waals surface area (Å²) in [5.41, 5.74) is 1.00. The molecule has 0 bridgehead atoms. The summed E-state index contributed by atoms with van der Waals surface area (Å²) in [6, 6.07) is 2.48. The molecule has 1 saturated carbocycles. The van der Waals surface area contributed by atoms with Crippen molar-refractivity contribution in [3.63, 3.8) is 0 Å². The van der Waals surface area contributed by atoms with E-state index in [1.165, 1.54) is 12.8 Å². The molecule has 1 unspecified atom stereocenters. The first-order valence-corrected chi connectivity index (χ1v) is 6.68. The van der Waals surface area contributed by atoms with Gasteiger partial charge >= 0.3 is 0 Å². The molecule has 0 saturated heterocycles. The second-order valence-corrected chi connectivity index (χ2v) is 4.97. The van der Waals surface area contributed by atoms with Crippen molar-refractivity contribution in [3.8, 4) is 0 Å². The summed E-state index contributed by atoms with van der Waals surface area (Å²) < 4.78 is 10.3. The van der Waals surface area contributed by atoms with Crippen molar-refractivity contribution < 1.29 is 9.26 Å². The summed E-state index contributed by atoms with van der Waals surface area (Å²) in [6.07, 6.45) is 2.50. The van der Waals surface area contributed by atoms with E-state index in [0.717, 1.165) is 37.7 Å². The maximum Gasteiger partial charge on any atom is 0.140 e. The highest BCUT2D eigenvalue weighted by Gasteiger charge is 2.27. The lowest BCUT2D eigenvalue weighted by Crippen LogP contribution is -2.37. The van der Waals surface area contributed by atoms with Crippen molar-refractivity contribution in [1.29, 1.82) is 0 Å². The molecular formula is C13H23N3O2. The zero-order chi connectivity index (χ0) is 12.8. The monoisotopic (exact) mass is 253 g/mol. The fourth-order valence-corrected chi connectivity index (χ4v) is 1.82. The SMILES string of the molecule is COCCNCC(C)NCc1cc(C2CC2)on1. The Labute approximate surface area is 108 Å². The van der Waals surface area contributed by atoms with Crippen molar-refractivity contribution in [2.45, 2.75) is 38.3 Å². The van der Waals surface area contributed by atoms with Crippen LogP contribution in [0.15, 0.2) is 10.6 Å². The first-order chi connectivity index (χ1) is 8.79. The first kappa shape index (κ1) is 13.5. The van der Waals surface area contributed by atoms with Gasteiger partial charge in [-0.1, -0.05) is 5.16 Å². The van der Waals surface area contributed by atoms with E-state index in [-0.39, 0.29) is 0 Å². The maximum atomic E-state index is 5.31. The second kappa shape index (κ2) is 6.87. The van der Waals surface area contributed by atoms with Gasteiger partial charge in [-0.15, -0.1) is 0 Å². The zero-order valence-electron chi connectivity index (χ0n) is 11.2. The minimum atomic E-state index is 0.405. The summed E-state index contributed by atoms with van der Waals surface area (Å²) in [6.45, 7) is 5.49. The molecule has 1 aliphatic carbocycles. The van der Waals surface area contributed by atoms with E-state index in [2.05, 4.69) is 28.8 Å². The van der Waals surface area contributed by atoms with Gasteiger partial charge in [-0.2, -0.15) is 0 Å². The molecule has 5 heteroatoms. The van der Waals surface area contributed by atoms with Gasteiger partial charge < -0.3 is 19.9 Å². The molecule has 1 heterocycles. The molecule has 0 spiro atoms. The Morgan fingerprint density at radius 3 is 3.11 bits per heavy atom. The van der Waals surface area contributed by atoms with Crippen LogP contribution in [0.2, 0.25) is 0 Å². The summed E-state index contributed by atoms with van der Waals surface area (Å²) in [4.78, 5) is 0. The first-order valence-electron chi connectivity index (χ1n) is 6.68. The average Bonchev–Trinajstić information content (AvgIpc) is 3.12. The quantitative estimate of drug-likeness (QED) is 0.649. The molecule has 1 atom stereocenters. The molecule has 0 aliphatic heterocycles. The van der Waals surface area contributed by atoms with Crippen molar-refractivity contribution in [2.24, 2.45) is 0 Å². The lowest BCUT2D eigenvalue weighted by molar-refractivity contribution is 0.198. The number of nitrogens with zero attached hydrogens (tertiary/aromatic N) is 1.